The normalized spacial score (nSPS) is 19.4. The van der Waals surface area contributed by atoms with Gasteiger partial charge in [-0.1, -0.05) is 18.2 Å². The number of thioether (sulfide) groups is 1. The third kappa shape index (κ3) is 4.70. The lowest BCUT2D eigenvalue weighted by Crippen LogP contribution is -2.38. The highest BCUT2D eigenvalue weighted by Gasteiger charge is 2.13. The van der Waals surface area contributed by atoms with E-state index in [1.807, 2.05) is 30.3 Å². The van der Waals surface area contributed by atoms with Gasteiger partial charge in [-0.05, 0) is 44.0 Å². The molecule has 1 fully saturated rings. The molecule has 0 aliphatic carbocycles. The Morgan fingerprint density at radius 2 is 2.22 bits per heavy atom. The fourth-order valence-corrected chi connectivity index (χ4v) is 2.82. The number of rotatable bonds is 5. The van der Waals surface area contributed by atoms with E-state index < -0.39 is 0 Å². The first-order valence-corrected chi connectivity index (χ1v) is 7.48. The number of carbonyl (C=O) groups excluding carboxylic acids is 1. The SMILES string of the molecule is O=C(CSc1ccccc1)NCC1CCCNC1. The van der Waals surface area contributed by atoms with Crippen LogP contribution in [0.3, 0.4) is 0 Å². The molecule has 0 aromatic heterocycles. The molecular weight excluding hydrogens is 244 g/mol. The van der Waals surface area contributed by atoms with Gasteiger partial charge in [-0.15, -0.1) is 11.8 Å². The molecule has 1 amide bonds. The minimum absolute atomic E-state index is 0.134. The van der Waals surface area contributed by atoms with Gasteiger partial charge in [0, 0.05) is 11.4 Å². The van der Waals surface area contributed by atoms with Crippen LogP contribution in [0.4, 0.5) is 0 Å². The fraction of sp³-hybridized carbons (Fsp3) is 0.500. The van der Waals surface area contributed by atoms with Gasteiger partial charge in [0.25, 0.3) is 0 Å². The molecule has 1 aliphatic heterocycles. The number of carbonyl (C=O) groups is 1. The van der Waals surface area contributed by atoms with Crippen LogP contribution < -0.4 is 10.6 Å². The van der Waals surface area contributed by atoms with Gasteiger partial charge in [0.15, 0.2) is 0 Å². The lowest BCUT2D eigenvalue weighted by molar-refractivity contribution is -0.118. The van der Waals surface area contributed by atoms with Crippen LogP contribution >= 0.6 is 11.8 Å². The Bertz CT molecular complexity index is 363. The Balaban J connectivity index is 1.63. The zero-order valence-electron chi connectivity index (χ0n) is 10.5. The van der Waals surface area contributed by atoms with Crippen molar-refractivity contribution >= 4 is 17.7 Å². The summed E-state index contributed by atoms with van der Waals surface area (Å²) in [5, 5.41) is 6.38. The Hall–Kier alpha value is -1.00. The largest absolute Gasteiger partial charge is 0.355 e. The van der Waals surface area contributed by atoms with E-state index in [4.69, 9.17) is 0 Å². The molecule has 3 nitrogen and oxygen atoms in total. The minimum atomic E-state index is 0.134. The lowest BCUT2D eigenvalue weighted by Gasteiger charge is -2.22. The monoisotopic (exact) mass is 264 g/mol. The Labute approximate surface area is 113 Å². The molecule has 0 spiro atoms. The Morgan fingerprint density at radius 3 is 2.94 bits per heavy atom. The van der Waals surface area contributed by atoms with Crippen LogP contribution in [0.5, 0.6) is 0 Å². The first kappa shape index (κ1) is 13.4. The third-order valence-corrected chi connectivity index (χ3v) is 4.11. The van der Waals surface area contributed by atoms with Gasteiger partial charge in [-0.3, -0.25) is 4.79 Å². The first-order chi connectivity index (χ1) is 8.84. The van der Waals surface area contributed by atoms with Crippen LogP contribution in [0, 0.1) is 5.92 Å². The molecule has 0 saturated carbocycles. The molecule has 0 bridgehead atoms. The summed E-state index contributed by atoms with van der Waals surface area (Å²) in [7, 11) is 0. The molecule has 1 aromatic carbocycles. The molecule has 1 unspecified atom stereocenters. The van der Waals surface area contributed by atoms with Crippen molar-refractivity contribution in [1.82, 2.24) is 10.6 Å². The molecule has 18 heavy (non-hydrogen) atoms. The van der Waals surface area contributed by atoms with Crippen molar-refractivity contribution in [3.8, 4) is 0 Å². The van der Waals surface area contributed by atoms with E-state index in [1.54, 1.807) is 11.8 Å². The Kier molecular flexibility index (Phi) is 5.55. The maximum absolute atomic E-state index is 11.7. The van der Waals surface area contributed by atoms with Crippen molar-refractivity contribution < 1.29 is 4.79 Å². The quantitative estimate of drug-likeness (QED) is 0.798. The summed E-state index contributed by atoms with van der Waals surface area (Å²) >= 11 is 1.59. The van der Waals surface area contributed by atoms with Crippen LogP contribution in [-0.4, -0.2) is 31.3 Å². The van der Waals surface area contributed by atoms with E-state index in [0.717, 1.165) is 24.5 Å². The van der Waals surface area contributed by atoms with Gasteiger partial charge < -0.3 is 10.6 Å². The van der Waals surface area contributed by atoms with Gasteiger partial charge in [0.05, 0.1) is 5.75 Å². The Morgan fingerprint density at radius 1 is 1.39 bits per heavy atom. The molecule has 1 aliphatic rings. The summed E-state index contributed by atoms with van der Waals surface area (Å²) in [5.41, 5.74) is 0. The second-order valence-electron chi connectivity index (χ2n) is 4.62. The molecule has 1 saturated heterocycles. The van der Waals surface area contributed by atoms with Crippen molar-refractivity contribution in [2.75, 3.05) is 25.4 Å². The molecule has 0 radical (unpaired) electrons. The predicted molar refractivity (Wildman–Crippen MR) is 75.8 cm³/mol. The first-order valence-electron chi connectivity index (χ1n) is 6.50. The molecular formula is C14H20N2OS. The number of nitrogens with one attached hydrogen (secondary N) is 2. The van der Waals surface area contributed by atoms with Crippen LogP contribution in [0.2, 0.25) is 0 Å². The van der Waals surface area contributed by atoms with E-state index in [0.29, 0.717) is 11.7 Å². The average Bonchev–Trinajstić information content (AvgIpc) is 2.45. The van der Waals surface area contributed by atoms with Crippen molar-refractivity contribution in [2.24, 2.45) is 5.92 Å². The highest BCUT2D eigenvalue weighted by atomic mass is 32.2. The van der Waals surface area contributed by atoms with E-state index >= 15 is 0 Å². The standard InChI is InChI=1S/C14H20N2OS/c17-14(11-18-13-6-2-1-3-7-13)16-10-12-5-4-8-15-9-12/h1-3,6-7,12,15H,4-5,8-11H2,(H,16,17). The summed E-state index contributed by atoms with van der Waals surface area (Å²) in [6, 6.07) is 10.0. The summed E-state index contributed by atoms with van der Waals surface area (Å²) in [6.07, 6.45) is 2.44. The van der Waals surface area contributed by atoms with Gasteiger partial charge in [0.2, 0.25) is 5.91 Å². The second-order valence-corrected chi connectivity index (χ2v) is 5.67. The van der Waals surface area contributed by atoms with Crippen molar-refractivity contribution in [1.29, 1.82) is 0 Å². The highest BCUT2D eigenvalue weighted by molar-refractivity contribution is 8.00. The number of hydrogen-bond acceptors (Lipinski definition) is 3. The summed E-state index contributed by atoms with van der Waals surface area (Å²) < 4.78 is 0. The summed E-state index contributed by atoms with van der Waals surface area (Å²) in [6.45, 7) is 2.96. The zero-order valence-corrected chi connectivity index (χ0v) is 11.3. The summed E-state index contributed by atoms with van der Waals surface area (Å²) in [5.74, 6) is 1.24. The van der Waals surface area contributed by atoms with Crippen LogP contribution in [0.25, 0.3) is 0 Å². The summed E-state index contributed by atoms with van der Waals surface area (Å²) in [4.78, 5) is 12.9. The minimum Gasteiger partial charge on any atom is -0.355 e. The topological polar surface area (TPSA) is 41.1 Å². The molecule has 4 heteroatoms. The molecule has 2 rings (SSSR count). The number of hydrogen-bond donors (Lipinski definition) is 2. The zero-order chi connectivity index (χ0) is 12.6. The van der Waals surface area contributed by atoms with Crippen molar-refractivity contribution in [2.45, 2.75) is 17.7 Å². The molecule has 2 N–H and O–H groups in total. The highest BCUT2D eigenvalue weighted by Crippen LogP contribution is 2.16. The maximum Gasteiger partial charge on any atom is 0.230 e. The maximum atomic E-state index is 11.7. The number of amides is 1. The second kappa shape index (κ2) is 7.44. The van der Waals surface area contributed by atoms with Crippen LogP contribution in [-0.2, 0) is 4.79 Å². The smallest absolute Gasteiger partial charge is 0.230 e. The van der Waals surface area contributed by atoms with E-state index in [1.165, 1.54) is 12.8 Å². The number of piperidine rings is 1. The lowest BCUT2D eigenvalue weighted by atomic mass is 10.00. The van der Waals surface area contributed by atoms with Crippen LogP contribution in [0.1, 0.15) is 12.8 Å². The van der Waals surface area contributed by atoms with E-state index in [-0.39, 0.29) is 5.91 Å². The van der Waals surface area contributed by atoms with E-state index in [9.17, 15) is 4.79 Å². The van der Waals surface area contributed by atoms with Crippen molar-refractivity contribution in [3.05, 3.63) is 30.3 Å². The predicted octanol–water partition coefficient (Wildman–Crippen LogP) is 1.89. The van der Waals surface area contributed by atoms with Gasteiger partial charge in [-0.2, -0.15) is 0 Å². The number of benzene rings is 1. The third-order valence-electron chi connectivity index (χ3n) is 3.10. The van der Waals surface area contributed by atoms with Gasteiger partial charge in [-0.25, -0.2) is 0 Å². The fourth-order valence-electron chi connectivity index (χ4n) is 2.07. The molecule has 1 aromatic rings. The van der Waals surface area contributed by atoms with Crippen LogP contribution in [0.15, 0.2) is 35.2 Å². The average molecular weight is 264 g/mol. The molecule has 1 atom stereocenters. The van der Waals surface area contributed by atoms with E-state index in [2.05, 4.69) is 10.6 Å². The van der Waals surface area contributed by atoms with Crippen molar-refractivity contribution in [3.63, 3.8) is 0 Å². The molecule has 1 heterocycles. The van der Waals surface area contributed by atoms with Gasteiger partial charge >= 0.3 is 0 Å². The van der Waals surface area contributed by atoms with Gasteiger partial charge in [0.1, 0.15) is 0 Å². The molecule has 98 valence electrons.